The number of aromatic nitrogens is 2. The third-order valence-corrected chi connectivity index (χ3v) is 4.12. The summed E-state index contributed by atoms with van der Waals surface area (Å²) in [5.41, 5.74) is 0.170. The number of pyridine rings is 1. The maximum absolute atomic E-state index is 13.4. The van der Waals surface area contributed by atoms with Gasteiger partial charge < -0.3 is 0 Å². The van der Waals surface area contributed by atoms with Gasteiger partial charge in [0.25, 0.3) is 0 Å². The molecule has 0 aliphatic rings. The zero-order valence-electron chi connectivity index (χ0n) is 11.1. The molecule has 0 aliphatic carbocycles. The fourth-order valence-corrected chi connectivity index (χ4v) is 3.06. The average Bonchev–Trinajstić information content (AvgIpc) is 3.00. The molecule has 0 radical (unpaired) electrons. The minimum absolute atomic E-state index is 0.0881. The molecule has 0 fully saturated rings. The van der Waals surface area contributed by atoms with Crippen molar-refractivity contribution in [3.63, 3.8) is 0 Å². The van der Waals surface area contributed by atoms with E-state index >= 15 is 0 Å². The Labute approximate surface area is 125 Å². The molecule has 0 unspecified atom stereocenters. The van der Waals surface area contributed by atoms with Gasteiger partial charge in [0.1, 0.15) is 16.3 Å². The van der Waals surface area contributed by atoms with Crippen LogP contribution in [0.5, 0.6) is 0 Å². The van der Waals surface area contributed by atoms with Gasteiger partial charge in [-0.2, -0.15) is 13.2 Å². The smallest absolute Gasteiger partial charge is 0.274 e. The molecule has 0 aliphatic heterocycles. The van der Waals surface area contributed by atoms with Crippen molar-refractivity contribution in [1.82, 2.24) is 9.55 Å². The summed E-state index contributed by atoms with van der Waals surface area (Å²) < 4.78 is 53.7. The molecule has 0 amide bonds. The van der Waals surface area contributed by atoms with E-state index in [4.69, 9.17) is 0 Å². The number of carbonyl (C=O) groups is 1. The van der Waals surface area contributed by atoms with Crippen LogP contribution in [0.1, 0.15) is 16.6 Å². The fraction of sp³-hybridized carbons (Fsp3) is 0.143. The van der Waals surface area contributed by atoms with Crippen molar-refractivity contribution in [2.45, 2.75) is 13.1 Å². The number of fused-ring (bicyclic) bond motifs is 1. The van der Waals surface area contributed by atoms with Crippen LogP contribution in [-0.4, -0.2) is 15.5 Å². The summed E-state index contributed by atoms with van der Waals surface area (Å²) in [7, 11) is 0. The molecule has 0 saturated heterocycles. The number of nitrogens with zero attached hydrogens (tertiary/aromatic N) is 2. The Morgan fingerprint density at radius 1 is 1.32 bits per heavy atom. The Hall–Kier alpha value is -2.22. The Morgan fingerprint density at radius 3 is 2.68 bits per heavy atom. The van der Waals surface area contributed by atoms with Gasteiger partial charge in [0, 0.05) is 29.6 Å². The van der Waals surface area contributed by atoms with Crippen LogP contribution in [0, 0.1) is 5.82 Å². The number of alkyl halides is 3. The largest absolute Gasteiger partial charge is 0.426 e. The van der Waals surface area contributed by atoms with Gasteiger partial charge in [0.05, 0.1) is 6.20 Å². The average molecular weight is 328 g/mol. The lowest BCUT2D eigenvalue weighted by molar-refractivity contribution is -0.133. The first-order chi connectivity index (χ1) is 10.3. The highest BCUT2D eigenvalue weighted by Crippen LogP contribution is 2.43. The molecule has 0 N–H and O–H groups in total. The summed E-state index contributed by atoms with van der Waals surface area (Å²) in [6, 6.07) is 2.38. The number of hydrogen-bond acceptors (Lipinski definition) is 3. The molecule has 0 spiro atoms. The lowest BCUT2D eigenvalue weighted by Crippen LogP contribution is -2.04. The number of carbonyl (C=O) groups excluding carboxylic acids is 1. The molecule has 114 valence electrons. The summed E-state index contributed by atoms with van der Waals surface area (Å²) in [5.74, 6) is -1.10. The molecule has 3 nitrogen and oxygen atoms in total. The minimum Gasteiger partial charge on any atom is -0.274 e. The van der Waals surface area contributed by atoms with E-state index in [1.54, 1.807) is 0 Å². The highest BCUT2D eigenvalue weighted by molar-refractivity contribution is 7.10. The van der Waals surface area contributed by atoms with E-state index in [0.717, 1.165) is 16.8 Å². The van der Waals surface area contributed by atoms with Crippen LogP contribution in [0.2, 0.25) is 0 Å². The second kappa shape index (κ2) is 4.91. The maximum atomic E-state index is 13.4. The highest BCUT2D eigenvalue weighted by atomic mass is 32.1. The van der Waals surface area contributed by atoms with Crippen molar-refractivity contribution in [3.8, 4) is 11.1 Å². The number of thiophene rings is 1. The Balaban J connectivity index is 2.35. The molecule has 0 atom stereocenters. The van der Waals surface area contributed by atoms with E-state index in [0.29, 0.717) is 11.3 Å². The number of halogens is 4. The van der Waals surface area contributed by atoms with E-state index in [9.17, 15) is 22.4 Å². The third-order valence-electron chi connectivity index (χ3n) is 3.16. The van der Waals surface area contributed by atoms with E-state index in [1.807, 2.05) is 0 Å². The van der Waals surface area contributed by atoms with Crippen molar-refractivity contribution < 1.29 is 22.4 Å². The van der Waals surface area contributed by atoms with Gasteiger partial charge in [-0.1, -0.05) is 0 Å². The summed E-state index contributed by atoms with van der Waals surface area (Å²) >= 11 is 0.548. The lowest BCUT2D eigenvalue weighted by atomic mass is 10.1. The Morgan fingerprint density at radius 2 is 2.05 bits per heavy atom. The van der Waals surface area contributed by atoms with Crippen LogP contribution in [0.15, 0.2) is 29.9 Å². The second-order valence-corrected chi connectivity index (χ2v) is 5.53. The van der Waals surface area contributed by atoms with Gasteiger partial charge in [-0.15, -0.1) is 11.3 Å². The van der Waals surface area contributed by atoms with Crippen LogP contribution in [0.25, 0.3) is 22.2 Å². The quantitative estimate of drug-likeness (QED) is 0.613. The molecule has 0 aromatic carbocycles. The van der Waals surface area contributed by atoms with Crippen LogP contribution in [0.3, 0.4) is 0 Å². The van der Waals surface area contributed by atoms with Crippen molar-refractivity contribution in [3.05, 3.63) is 40.6 Å². The highest BCUT2D eigenvalue weighted by Gasteiger charge is 2.36. The van der Waals surface area contributed by atoms with Crippen molar-refractivity contribution in [2.24, 2.45) is 0 Å². The normalized spacial score (nSPS) is 12.0. The van der Waals surface area contributed by atoms with E-state index in [2.05, 4.69) is 4.98 Å². The predicted octanol–water partition coefficient (Wildman–Crippen LogP) is 4.58. The minimum atomic E-state index is -4.52. The first-order valence-corrected chi connectivity index (χ1v) is 6.99. The zero-order chi connectivity index (χ0) is 16.1. The standard InChI is InChI=1S/C14H8F4N2OS/c1-7(21)20-6-11(10-4-8(15)5-19-13(10)20)9-2-3-22-12(9)14(16,17)18/h2-6H,1H3. The molecular formula is C14H8F4N2OS. The number of hydrogen-bond donors (Lipinski definition) is 0. The number of rotatable bonds is 1. The Kier molecular flexibility index (Phi) is 3.28. The lowest BCUT2D eigenvalue weighted by Gasteiger charge is -2.06. The van der Waals surface area contributed by atoms with Crippen LogP contribution in [0.4, 0.5) is 17.6 Å². The molecular weight excluding hydrogens is 320 g/mol. The van der Waals surface area contributed by atoms with Crippen molar-refractivity contribution >= 4 is 28.3 Å². The molecule has 8 heteroatoms. The second-order valence-electron chi connectivity index (χ2n) is 4.62. The molecule has 22 heavy (non-hydrogen) atoms. The van der Waals surface area contributed by atoms with E-state index < -0.39 is 22.8 Å². The first kappa shape index (κ1) is 14.7. The molecule has 0 bridgehead atoms. The van der Waals surface area contributed by atoms with Gasteiger partial charge in [-0.3, -0.25) is 9.36 Å². The monoisotopic (exact) mass is 328 g/mol. The topological polar surface area (TPSA) is 34.9 Å². The molecule has 0 saturated carbocycles. The van der Waals surface area contributed by atoms with Gasteiger partial charge in [0.15, 0.2) is 0 Å². The molecule has 3 heterocycles. The van der Waals surface area contributed by atoms with E-state index in [1.165, 1.54) is 24.6 Å². The van der Waals surface area contributed by atoms with Gasteiger partial charge in [0.2, 0.25) is 5.91 Å². The molecule has 3 aromatic rings. The van der Waals surface area contributed by atoms with Crippen LogP contribution in [-0.2, 0) is 6.18 Å². The summed E-state index contributed by atoms with van der Waals surface area (Å²) in [6.07, 6.45) is -2.34. The zero-order valence-corrected chi connectivity index (χ0v) is 11.9. The third kappa shape index (κ3) is 2.29. The SMILES string of the molecule is CC(=O)n1cc(-c2ccsc2C(F)(F)F)c2cc(F)cnc21. The summed E-state index contributed by atoms with van der Waals surface area (Å²) in [5, 5.41) is 1.47. The van der Waals surface area contributed by atoms with Gasteiger partial charge >= 0.3 is 6.18 Å². The predicted molar refractivity (Wildman–Crippen MR) is 74.3 cm³/mol. The molecule has 3 aromatic heterocycles. The van der Waals surface area contributed by atoms with Gasteiger partial charge in [-0.25, -0.2) is 9.37 Å². The summed E-state index contributed by atoms with van der Waals surface area (Å²) in [6.45, 7) is 1.26. The van der Waals surface area contributed by atoms with E-state index in [-0.39, 0.29) is 22.2 Å². The fourth-order valence-electron chi connectivity index (χ4n) is 2.28. The summed E-state index contributed by atoms with van der Waals surface area (Å²) in [4.78, 5) is 14.6. The van der Waals surface area contributed by atoms with Gasteiger partial charge in [-0.05, 0) is 17.5 Å². The van der Waals surface area contributed by atoms with Crippen LogP contribution < -0.4 is 0 Å². The first-order valence-electron chi connectivity index (χ1n) is 6.11. The van der Waals surface area contributed by atoms with Crippen molar-refractivity contribution in [2.75, 3.05) is 0 Å². The Bertz CT molecular complexity index is 879. The van der Waals surface area contributed by atoms with Crippen molar-refractivity contribution in [1.29, 1.82) is 0 Å². The van der Waals surface area contributed by atoms with Crippen LogP contribution >= 0.6 is 11.3 Å². The maximum Gasteiger partial charge on any atom is 0.426 e. The molecule has 3 rings (SSSR count).